The lowest BCUT2D eigenvalue weighted by molar-refractivity contribution is -0.146. The number of piperidine rings is 2. The standard InChI is InChI=1S/C21H21N3O3/c25-19-16-12-22-11-10-17(16)24-21(27)18(19)20(26)23-15-8-6-14(7-9-15)13-4-2-1-3-5-13/h1-9,16-18,22H,10-12H2,(H,23,26)(H,24,27). The Balaban J connectivity index is 1.47. The molecule has 0 radical (unpaired) electrons. The molecule has 2 fully saturated rings. The van der Waals surface area contributed by atoms with Gasteiger partial charge in [-0.1, -0.05) is 42.5 Å². The molecule has 6 heteroatoms. The van der Waals surface area contributed by atoms with Gasteiger partial charge in [0.2, 0.25) is 11.8 Å². The van der Waals surface area contributed by atoms with Gasteiger partial charge in [0.05, 0.1) is 5.92 Å². The Morgan fingerprint density at radius 1 is 0.963 bits per heavy atom. The van der Waals surface area contributed by atoms with E-state index in [4.69, 9.17) is 0 Å². The molecule has 2 amide bonds. The van der Waals surface area contributed by atoms with Crippen LogP contribution in [0, 0.1) is 11.8 Å². The molecule has 0 aromatic heterocycles. The minimum atomic E-state index is -1.29. The van der Waals surface area contributed by atoms with Crippen LogP contribution in [0.15, 0.2) is 54.6 Å². The van der Waals surface area contributed by atoms with E-state index in [-0.39, 0.29) is 17.7 Å². The normalized spacial score (nSPS) is 24.7. The third kappa shape index (κ3) is 3.48. The number of rotatable bonds is 3. The molecule has 2 aromatic carbocycles. The lowest BCUT2D eigenvalue weighted by Crippen LogP contribution is -2.62. The van der Waals surface area contributed by atoms with E-state index in [1.165, 1.54) is 0 Å². The fourth-order valence-corrected chi connectivity index (χ4v) is 3.78. The van der Waals surface area contributed by atoms with E-state index in [1.54, 1.807) is 12.1 Å². The number of anilines is 1. The van der Waals surface area contributed by atoms with Crippen molar-refractivity contribution in [3.63, 3.8) is 0 Å². The third-order valence-corrected chi connectivity index (χ3v) is 5.24. The maximum absolute atomic E-state index is 12.7. The van der Waals surface area contributed by atoms with Gasteiger partial charge in [0.25, 0.3) is 0 Å². The molecule has 2 aromatic rings. The molecule has 27 heavy (non-hydrogen) atoms. The van der Waals surface area contributed by atoms with Gasteiger partial charge in [-0.25, -0.2) is 0 Å². The maximum atomic E-state index is 12.7. The Kier molecular flexibility index (Phi) is 4.73. The quantitative estimate of drug-likeness (QED) is 0.723. The first-order chi connectivity index (χ1) is 13.1. The number of carbonyl (C=O) groups is 3. The molecule has 138 valence electrons. The molecular formula is C21H21N3O3. The number of nitrogens with one attached hydrogen (secondary N) is 3. The summed E-state index contributed by atoms with van der Waals surface area (Å²) >= 11 is 0. The van der Waals surface area contributed by atoms with Crippen LogP contribution in [0.4, 0.5) is 5.69 Å². The Hall–Kier alpha value is -2.99. The number of hydrogen-bond acceptors (Lipinski definition) is 4. The van der Waals surface area contributed by atoms with Crippen LogP contribution in [0.2, 0.25) is 0 Å². The van der Waals surface area contributed by atoms with Crippen molar-refractivity contribution >= 4 is 23.3 Å². The van der Waals surface area contributed by atoms with Crippen LogP contribution in [0.25, 0.3) is 11.1 Å². The van der Waals surface area contributed by atoms with Gasteiger partial charge in [-0.05, 0) is 36.2 Å². The minimum absolute atomic E-state index is 0.166. The molecular weight excluding hydrogens is 342 g/mol. The first kappa shape index (κ1) is 17.4. The zero-order chi connectivity index (χ0) is 18.8. The van der Waals surface area contributed by atoms with Gasteiger partial charge >= 0.3 is 0 Å². The minimum Gasteiger partial charge on any atom is -0.351 e. The molecule has 3 atom stereocenters. The smallest absolute Gasteiger partial charge is 0.244 e. The van der Waals surface area contributed by atoms with Crippen LogP contribution in [-0.4, -0.2) is 36.7 Å². The summed E-state index contributed by atoms with van der Waals surface area (Å²) in [6.45, 7) is 1.26. The highest BCUT2D eigenvalue weighted by Crippen LogP contribution is 2.25. The molecule has 4 rings (SSSR count). The number of amides is 2. The Labute approximate surface area is 157 Å². The summed E-state index contributed by atoms with van der Waals surface area (Å²) in [6, 6.07) is 17.1. The van der Waals surface area contributed by atoms with Gasteiger partial charge in [0.1, 0.15) is 0 Å². The highest BCUT2D eigenvalue weighted by molar-refractivity contribution is 6.23. The van der Waals surface area contributed by atoms with E-state index in [1.807, 2.05) is 42.5 Å². The van der Waals surface area contributed by atoms with Gasteiger partial charge in [-0.2, -0.15) is 0 Å². The van der Waals surface area contributed by atoms with Gasteiger partial charge in [0.15, 0.2) is 11.7 Å². The van der Waals surface area contributed by atoms with E-state index >= 15 is 0 Å². The third-order valence-electron chi connectivity index (χ3n) is 5.24. The average molecular weight is 363 g/mol. The number of ketones is 1. The SMILES string of the molecule is O=C(Nc1ccc(-c2ccccc2)cc1)C1C(=O)NC2CCNCC2C1=O. The molecule has 2 heterocycles. The van der Waals surface area contributed by atoms with Gasteiger partial charge in [0, 0.05) is 18.3 Å². The van der Waals surface area contributed by atoms with Crippen LogP contribution in [0.3, 0.4) is 0 Å². The fourth-order valence-electron chi connectivity index (χ4n) is 3.78. The zero-order valence-corrected chi connectivity index (χ0v) is 14.8. The molecule has 6 nitrogen and oxygen atoms in total. The van der Waals surface area contributed by atoms with Crippen molar-refractivity contribution < 1.29 is 14.4 Å². The van der Waals surface area contributed by atoms with Crippen LogP contribution in [-0.2, 0) is 14.4 Å². The zero-order valence-electron chi connectivity index (χ0n) is 14.8. The second-order valence-electron chi connectivity index (χ2n) is 6.98. The lowest BCUT2D eigenvalue weighted by atomic mass is 9.79. The summed E-state index contributed by atoms with van der Waals surface area (Å²) in [5.41, 5.74) is 2.66. The van der Waals surface area contributed by atoms with E-state index in [9.17, 15) is 14.4 Å². The Bertz CT molecular complexity index is 864. The summed E-state index contributed by atoms with van der Waals surface area (Å²) in [4.78, 5) is 37.6. The summed E-state index contributed by atoms with van der Waals surface area (Å²) in [5, 5.41) is 8.70. The van der Waals surface area contributed by atoms with Crippen LogP contribution >= 0.6 is 0 Å². The first-order valence-corrected chi connectivity index (χ1v) is 9.14. The second kappa shape index (κ2) is 7.32. The topological polar surface area (TPSA) is 87.3 Å². The van der Waals surface area contributed by atoms with Crippen LogP contribution in [0.1, 0.15) is 6.42 Å². The van der Waals surface area contributed by atoms with Crippen LogP contribution in [0.5, 0.6) is 0 Å². The Morgan fingerprint density at radius 3 is 2.41 bits per heavy atom. The van der Waals surface area contributed by atoms with Crippen molar-refractivity contribution in [2.45, 2.75) is 12.5 Å². The molecule has 0 spiro atoms. The molecule has 0 bridgehead atoms. The molecule has 2 aliphatic heterocycles. The van der Waals surface area contributed by atoms with Crippen molar-refractivity contribution in [3.05, 3.63) is 54.6 Å². The molecule has 3 unspecified atom stereocenters. The predicted octanol–water partition coefficient (Wildman–Crippen LogP) is 1.59. The first-order valence-electron chi connectivity index (χ1n) is 9.14. The largest absolute Gasteiger partial charge is 0.351 e. The molecule has 2 saturated heterocycles. The highest BCUT2D eigenvalue weighted by Gasteiger charge is 2.47. The molecule has 3 N–H and O–H groups in total. The number of benzene rings is 2. The monoisotopic (exact) mass is 363 g/mol. The van der Waals surface area contributed by atoms with E-state index in [0.717, 1.165) is 17.7 Å². The summed E-state index contributed by atoms with van der Waals surface area (Å²) in [5.74, 6) is -3.00. The average Bonchev–Trinajstić information content (AvgIpc) is 2.69. The van der Waals surface area contributed by atoms with E-state index < -0.39 is 17.7 Å². The summed E-state index contributed by atoms with van der Waals surface area (Å²) < 4.78 is 0. The van der Waals surface area contributed by atoms with Gasteiger partial charge in [-0.3, -0.25) is 14.4 Å². The fraction of sp³-hybridized carbons (Fsp3) is 0.286. The second-order valence-corrected chi connectivity index (χ2v) is 6.98. The molecule has 0 saturated carbocycles. The number of carbonyl (C=O) groups excluding carboxylic acids is 3. The van der Waals surface area contributed by atoms with E-state index in [2.05, 4.69) is 16.0 Å². The molecule has 0 aliphatic carbocycles. The number of fused-ring (bicyclic) bond motifs is 1. The van der Waals surface area contributed by atoms with Crippen molar-refractivity contribution in [1.82, 2.24) is 10.6 Å². The van der Waals surface area contributed by atoms with Crippen LogP contribution < -0.4 is 16.0 Å². The highest BCUT2D eigenvalue weighted by atomic mass is 16.2. The Morgan fingerprint density at radius 2 is 1.67 bits per heavy atom. The summed E-state index contributed by atoms with van der Waals surface area (Å²) in [6.07, 6.45) is 0.706. The lowest BCUT2D eigenvalue weighted by Gasteiger charge is -2.37. The molecule has 2 aliphatic rings. The van der Waals surface area contributed by atoms with Crippen molar-refractivity contribution in [3.8, 4) is 11.1 Å². The van der Waals surface area contributed by atoms with Crippen molar-refractivity contribution in [2.24, 2.45) is 11.8 Å². The maximum Gasteiger partial charge on any atom is 0.244 e. The summed E-state index contributed by atoms with van der Waals surface area (Å²) in [7, 11) is 0. The van der Waals surface area contributed by atoms with Crippen molar-refractivity contribution in [1.29, 1.82) is 0 Å². The number of hydrogen-bond donors (Lipinski definition) is 3. The van der Waals surface area contributed by atoms with Crippen molar-refractivity contribution in [2.75, 3.05) is 18.4 Å². The predicted molar refractivity (Wildman–Crippen MR) is 102 cm³/mol. The van der Waals surface area contributed by atoms with Gasteiger partial charge < -0.3 is 16.0 Å². The van der Waals surface area contributed by atoms with Gasteiger partial charge in [-0.15, -0.1) is 0 Å². The number of Topliss-reactive ketones (excluding diaryl/α,β-unsaturated/α-hetero) is 1. The van der Waals surface area contributed by atoms with E-state index in [0.29, 0.717) is 18.7 Å².